The molecule has 1 aromatic heterocycles. The summed E-state index contributed by atoms with van der Waals surface area (Å²) in [5.41, 5.74) is 5.98. The molecule has 20 nitrogen and oxygen atoms in total. The van der Waals surface area contributed by atoms with Gasteiger partial charge in [0, 0.05) is 28.4 Å². The number of nitrogens with one attached hydrogen (secondary N) is 2. The quantitative estimate of drug-likeness (QED) is 0.0533. The predicted molar refractivity (Wildman–Crippen MR) is 199 cm³/mol. The monoisotopic (exact) mass is 833 g/mol. The van der Waals surface area contributed by atoms with Crippen molar-refractivity contribution in [3.05, 3.63) is 58.2 Å². The summed E-state index contributed by atoms with van der Waals surface area (Å²) in [6, 6.07) is 5.14. The molecule has 5 heterocycles. The number of β-lactam (4-membered cyclic amide) rings is 2. The number of rotatable bonds is 12. The molecular formula is C33H35N7O13S3. The summed E-state index contributed by atoms with van der Waals surface area (Å²) < 4.78 is 4.17. The maximum Gasteiger partial charge on any atom is 0.352 e. The van der Waals surface area contributed by atoms with Gasteiger partial charge in [0.15, 0.2) is 16.8 Å². The molecule has 6 atom stereocenters. The van der Waals surface area contributed by atoms with Crippen LogP contribution in [-0.2, 0) is 47.9 Å². The lowest BCUT2D eigenvalue weighted by Crippen LogP contribution is -2.71. The van der Waals surface area contributed by atoms with Crippen LogP contribution in [0.5, 0.6) is 0 Å². The van der Waals surface area contributed by atoms with Crippen LogP contribution < -0.4 is 16.4 Å². The Hall–Kier alpha value is -5.68. The second-order valence-electron chi connectivity index (χ2n) is 12.9. The first kappa shape index (κ1) is 41.5. The molecule has 0 spiro atoms. The fourth-order valence-corrected chi connectivity index (χ4v) is 9.82. The number of benzene rings is 1. The van der Waals surface area contributed by atoms with Crippen molar-refractivity contribution in [2.75, 3.05) is 25.2 Å². The average Bonchev–Trinajstić information content (AvgIpc) is 3.68. The van der Waals surface area contributed by atoms with Gasteiger partial charge in [0.2, 0.25) is 11.8 Å². The Bertz CT molecular complexity index is 2040. The van der Waals surface area contributed by atoms with Gasteiger partial charge in [-0.1, -0.05) is 35.5 Å². The molecule has 4 amide bonds. The normalized spacial score (nSPS) is 23.9. The van der Waals surface area contributed by atoms with E-state index in [2.05, 4.69) is 25.6 Å². The van der Waals surface area contributed by atoms with Gasteiger partial charge in [-0.05, 0) is 19.4 Å². The first-order valence-corrected chi connectivity index (χ1v) is 19.2. The average molecular weight is 834 g/mol. The van der Waals surface area contributed by atoms with E-state index >= 15 is 0 Å². The molecule has 2 aromatic rings. The van der Waals surface area contributed by atoms with Gasteiger partial charge < -0.3 is 46.2 Å². The van der Waals surface area contributed by atoms with Crippen LogP contribution in [0.1, 0.15) is 37.9 Å². The van der Waals surface area contributed by atoms with E-state index in [9.17, 15) is 53.7 Å². The molecule has 23 heteroatoms. The van der Waals surface area contributed by atoms with Crippen molar-refractivity contribution in [3.63, 3.8) is 0 Å². The summed E-state index contributed by atoms with van der Waals surface area (Å²) in [5.74, 6) is -8.14. The van der Waals surface area contributed by atoms with E-state index in [0.717, 1.165) is 16.2 Å². The molecule has 1 unspecified atom stereocenters. The van der Waals surface area contributed by atoms with Crippen molar-refractivity contribution < 1.29 is 63.3 Å². The van der Waals surface area contributed by atoms with Gasteiger partial charge in [-0.15, -0.1) is 34.9 Å². The zero-order chi connectivity index (χ0) is 41.2. The number of aliphatic carboxylic acids is 3. The molecule has 298 valence electrons. The number of nitrogens with two attached hydrogens (primary N) is 1. The van der Waals surface area contributed by atoms with Gasteiger partial charge in [0.1, 0.15) is 54.0 Å². The van der Waals surface area contributed by atoms with Crippen molar-refractivity contribution in [1.29, 1.82) is 0 Å². The van der Waals surface area contributed by atoms with Gasteiger partial charge in [-0.2, -0.15) is 0 Å². The lowest BCUT2D eigenvalue weighted by molar-refractivity contribution is -0.161. The third-order valence-corrected chi connectivity index (χ3v) is 12.3. The number of fused-ring (bicyclic) bond motifs is 2. The molecule has 4 aliphatic rings. The van der Waals surface area contributed by atoms with E-state index in [1.165, 1.54) is 60.0 Å². The molecular weight excluding hydrogens is 799 g/mol. The first-order valence-electron chi connectivity index (χ1n) is 16.4. The van der Waals surface area contributed by atoms with Gasteiger partial charge >= 0.3 is 23.9 Å². The molecule has 3 saturated heterocycles. The third-order valence-electron chi connectivity index (χ3n) is 8.76. The Labute approximate surface area is 329 Å². The van der Waals surface area contributed by atoms with Crippen molar-refractivity contribution in [1.82, 2.24) is 25.4 Å². The maximum absolute atomic E-state index is 12.7. The van der Waals surface area contributed by atoms with Crippen molar-refractivity contribution in [2.45, 2.75) is 60.3 Å². The van der Waals surface area contributed by atoms with Crippen LogP contribution in [0.25, 0.3) is 0 Å². The highest BCUT2D eigenvalue weighted by atomic mass is 32.2. The molecule has 0 aliphatic carbocycles. The predicted octanol–water partition coefficient (Wildman–Crippen LogP) is -0.136. The van der Waals surface area contributed by atoms with E-state index in [1.54, 1.807) is 32.0 Å². The van der Waals surface area contributed by atoms with E-state index in [0.29, 0.717) is 11.1 Å². The summed E-state index contributed by atoms with van der Waals surface area (Å²) in [5, 5.41) is 37.6. The second-order valence-corrected chi connectivity index (χ2v) is 16.6. The molecule has 56 heavy (non-hydrogen) atoms. The number of nitrogens with zero attached hydrogens (tertiary/aromatic N) is 4. The SMILES string of the molecule is CC1(C)S[C@@H]2[C@H](NC(=O)C(C(=O)O)c3ccccc3)C(=O)N2[C@H]1C(=O)O.CO/N=C(/C(=O)N[C@@H]1C(=O)N2C(C(=O)O)=C(COC(C)=O)CS[C@H]12)c1csc(N)n1. The fraction of sp³-hybridized carbons (Fsp3) is 0.394. The number of hydrogen-bond acceptors (Lipinski definition) is 16. The van der Waals surface area contributed by atoms with Gasteiger partial charge in [0.25, 0.3) is 11.8 Å². The zero-order valence-corrected chi connectivity index (χ0v) is 32.3. The molecule has 3 fully saturated rings. The van der Waals surface area contributed by atoms with Crippen LogP contribution in [-0.4, -0.2) is 136 Å². The molecule has 7 N–H and O–H groups in total. The number of anilines is 1. The molecule has 4 aliphatic heterocycles. The Balaban J connectivity index is 0.000000216. The summed E-state index contributed by atoms with van der Waals surface area (Å²) >= 11 is 3.64. The Morgan fingerprint density at radius 3 is 2.25 bits per heavy atom. The number of carboxylic acids is 3. The van der Waals surface area contributed by atoms with E-state index in [-0.39, 0.29) is 34.6 Å². The van der Waals surface area contributed by atoms with Crippen molar-refractivity contribution >= 4 is 93.2 Å². The number of oxime groups is 1. The first-order chi connectivity index (χ1) is 26.4. The molecule has 6 rings (SSSR count). The van der Waals surface area contributed by atoms with E-state index in [4.69, 9.17) is 10.5 Å². The smallest absolute Gasteiger partial charge is 0.352 e. The second kappa shape index (κ2) is 16.6. The van der Waals surface area contributed by atoms with Crippen molar-refractivity contribution in [3.8, 4) is 0 Å². The van der Waals surface area contributed by atoms with Crippen LogP contribution in [0.3, 0.4) is 0 Å². The van der Waals surface area contributed by atoms with Crippen LogP contribution in [0.2, 0.25) is 0 Å². The van der Waals surface area contributed by atoms with Crippen LogP contribution in [0.4, 0.5) is 5.13 Å². The van der Waals surface area contributed by atoms with E-state index in [1.807, 2.05) is 0 Å². The lowest BCUT2D eigenvalue weighted by Gasteiger charge is -2.49. The van der Waals surface area contributed by atoms with Gasteiger partial charge in [0.05, 0.1) is 0 Å². The number of thioether (sulfide) groups is 2. The van der Waals surface area contributed by atoms with Crippen LogP contribution in [0, 0.1) is 0 Å². The van der Waals surface area contributed by atoms with Gasteiger partial charge in [-0.25, -0.2) is 14.6 Å². The molecule has 0 saturated carbocycles. The number of aromatic nitrogens is 1. The lowest BCUT2D eigenvalue weighted by atomic mass is 9.94. The number of amides is 4. The largest absolute Gasteiger partial charge is 0.480 e. The maximum atomic E-state index is 12.7. The number of ether oxygens (including phenoxy) is 1. The summed E-state index contributed by atoms with van der Waals surface area (Å²) in [4.78, 5) is 107. The highest BCUT2D eigenvalue weighted by molar-refractivity contribution is 8.01. The Kier molecular flexibility index (Phi) is 12.3. The molecule has 0 bridgehead atoms. The van der Waals surface area contributed by atoms with E-state index < -0.39 is 87.0 Å². The zero-order valence-electron chi connectivity index (χ0n) is 29.9. The molecule has 0 radical (unpaired) electrons. The standard InChI is InChI=1S/C17H18N2O6S.C16H17N5O7S2/c1-17(2)11(16(24)25)19-13(21)10(14(19)26-17)18-12(20)9(15(22)23)8-6-4-3-5-7-8;1-6(22)28-3-7-4-29-14-10(13(24)21(14)11(7)15(25)26)19-12(23)9(20-27-2)8-5-30-16(17)18-8/h3-7,9-11,14H,1-2H3,(H,18,20)(H,22,23)(H,24,25);5,10,14H,3-4H2,1-2H3,(H2,17,18)(H,19,23)(H,25,26)/b;20-9+/t9?,10-,11+,14-;10-,14-/m11/s1. The fourth-order valence-electron chi connectivity index (χ4n) is 6.32. The summed E-state index contributed by atoms with van der Waals surface area (Å²) in [6.07, 6.45) is 0. The Morgan fingerprint density at radius 1 is 1.04 bits per heavy atom. The Morgan fingerprint density at radius 2 is 1.70 bits per heavy atom. The number of nitrogen functional groups attached to an aromatic ring is 1. The minimum Gasteiger partial charge on any atom is -0.480 e. The highest BCUT2D eigenvalue weighted by Crippen LogP contribution is 2.51. The number of esters is 1. The topological polar surface area (TPSA) is 298 Å². The molecule has 1 aromatic carbocycles. The summed E-state index contributed by atoms with van der Waals surface area (Å²) in [7, 11) is 1.25. The highest BCUT2D eigenvalue weighted by Gasteiger charge is 2.64. The van der Waals surface area contributed by atoms with Crippen LogP contribution >= 0.6 is 34.9 Å². The third kappa shape index (κ3) is 8.14. The van der Waals surface area contributed by atoms with Crippen molar-refractivity contribution in [2.24, 2.45) is 5.16 Å². The minimum absolute atomic E-state index is 0.165. The number of carboxylic acid groups (broad SMARTS) is 3. The van der Waals surface area contributed by atoms with Crippen LogP contribution in [0.15, 0.2) is 52.1 Å². The number of carbonyl (C=O) groups is 8. The minimum atomic E-state index is -1.44. The number of carbonyl (C=O) groups excluding carboxylic acids is 5. The summed E-state index contributed by atoms with van der Waals surface area (Å²) in [6.45, 7) is 4.43. The number of thiazole rings is 1. The number of hydrogen-bond donors (Lipinski definition) is 6. The van der Waals surface area contributed by atoms with Gasteiger partial charge in [-0.3, -0.25) is 33.7 Å².